The second-order valence-electron chi connectivity index (χ2n) is 15.2. The minimum Gasteiger partial charge on any atom is -0.341 e. The SMILES string of the molecule is CC(C)N1/C(=C/C=C2\CCCC(/C=C/C3=[N+](C(C)C)c4ccc5ccccc5c4C3(C)C)=C2Cl)C(C)(C)c2c1ccc1ccccc21. The summed E-state index contributed by atoms with van der Waals surface area (Å²) in [7, 11) is 0. The van der Waals surface area contributed by atoms with Crippen LogP contribution in [0.3, 0.4) is 0 Å². The number of fused-ring (bicyclic) bond motifs is 6. The molecule has 47 heavy (non-hydrogen) atoms. The largest absolute Gasteiger partial charge is 0.341 e. The van der Waals surface area contributed by atoms with Crippen LogP contribution in [0.25, 0.3) is 21.5 Å². The molecule has 7 rings (SSSR count). The van der Waals surface area contributed by atoms with Crippen LogP contribution in [0.4, 0.5) is 11.4 Å². The number of hydrogen-bond acceptors (Lipinski definition) is 1. The van der Waals surface area contributed by atoms with E-state index in [0.717, 1.165) is 24.3 Å². The van der Waals surface area contributed by atoms with Gasteiger partial charge in [0.05, 0.1) is 5.41 Å². The molecule has 0 atom stereocenters. The van der Waals surface area contributed by atoms with Crippen LogP contribution in [-0.4, -0.2) is 22.4 Å². The van der Waals surface area contributed by atoms with Crippen molar-refractivity contribution in [1.82, 2.24) is 0 Å². The second kappa shape index (κ2) is 11.7. The van der Waals surface area contributed by atoms with Crippen molar-refractivity contribution in [2.24, 2.45) is 0 Å². The van der Waals surface area contributed by atoms with Crippen molar-refractivity contribution in [3.63, 3.8) is 0 Å². The first-order chi connectivity index (χ1) is 22.4. The average molecular weight is 640 g/mol. The fourth-order valence-corrected chi connectivity index (χ4v) is 8.93. The van der Waals surface area contributed by atoms with E-state index in [1.807, 2.05) is 0 Å². The maximum atomic E-state index is 7.29. The molecule has 3 aliphatic rings. The van der Waals surface area contributed by atoms with Gasteiger partial charge in [-0.1, -0.05) is 92.2 Å². The Hall–Kier alpha value is -3.88. The molecule has 240 valence electrons. The molecule has 0 N–H and O–H groups in total. The zero-order valence-electron chi connectivity index (χ0n) is 29.3. The second-order valence-corrected chi connectivity index (χ2v) is 15.6. The molecule has 2 nitrogen and oxygen atoms in total. The number of halogens is 1. The van der Waals surface area contributed by atoms with Gasteiger partial charge in [-0.2, -0.15) is 4.58 Å². The van der Waals surface area contributed by atoms with Gasteiger partial charge in [0, 0.05) is 45.6 Å². The molecular formula is C44H48ClN2+. The van der Waals surface area contributed by atoms with Gasteiger partial charge < -0.3 is 4.90 Å². The van der Waals surface area contributed by atoms with Crippen LogP contribution in [0.15, 0.2) is 119 Å². The molecule has 4 aromatic carbocycles. The van der Waals surface area contributed by atoms with Gasteiger partial charge in [-0.15, -0.1) is 0 Å². The summed E-state index contributed by atoms with van der Waals surface area (Å²) in [6.07, 6.45) is 12.4. The predicted octanol–water partition coefficient (Wildman–Crippen LogP) is 12.0. The summed E-state index contributed by atoms with van der Waals surface area (Å²) in [5, 5.41) is 6.20. The number of allylic oxidation sites excluding steroid dienone is 8. The van der Waals surface area contributed by atoms with Crippen LogP contribution < -0.4 is 4.90 Å². The normalized spacial score (nSPS) is 20.7. The summed E-state index contributed by atoms with van der Waals surface area (Å²) in [6, 6.07) is 27.4. The Morgan fingerprint density at radius 1 is 0.723 bits per heavy atom. The molecule has 0 fully saturated rings. The lowest BCUT2D eigenvalue weighted by Crippen LogP contribution is -2.31. The van der Waals surface area contributed by atoms with Gasteiger partial charge in [-0.25, -0.2) is 0 Å². The molecule has 0 unspecified atom stereocenters. The highest BCUT2D eigenvalue weighted by Gasteiger charge is 2.46. The molecule has 2 heterocycles. The fourth-order valence-electron chi connectivity index (χ4n) is 8.61. The summed E-state index contributed by atoms with van der Waals surface area (Å²) in [6.45, 7) is 18.7. The number of hydrogen-bond donors (Lipinski definition) is 0. The molecule has 0 spiro atoms. The van der Waals surface area contributed by atoms with E-state index in [-0.39, 0.29) is 10.8 Å². The molecule has 0 saturated carbocycles. The molecule has 0 amide bonds. The Bertz CT molecular complexity index is 2080. The van der Waals surface area contributed by atoms with Crippen LogP contribution in [-0.2, 0) is 10.8 Å². The summed E-state index contributed by atoms with van der Waals surface area (Å²) in [5.74, 6) is 0. The number of benzene rings is 4. The van der Waals surface area contributed by atoms with Crippen molar-refractivity contribution < 1.29 is 4.58 Å². The summed E-state index contributed by atoms with van der Waals surface area (Å²) < 4.78 is 2.53. The smallest absolute Gasteiger partial charge is 0.210 e. The summed E-state index contributed by atoms with van der Waals surface area (Å²) in [4.78, 5) is 2.53. The predicted molar refractivity (Wildman–Crippen MR) is 204 cm³/mol. The molecule has 3 heteroatoms. The minimum atomic E-state index is -0.130. The van der Waals surface area contributed by atoms with Gasteiger partial charge in [-0.05, 0) is 117 Å². The maximum Gasteiger partial charge on any atom is 0.210 e. The van der Waals surface area contributed by atoms with E-state index in [4.69, 9.17) is 11.6 Å². The number of rotatable bonds is 5. The minimum absolute atomic E-state index is 0.130. The first kappa shape index (κ1) is 31.7. The van der Waals surface area contributed by atoms with E-state index in [1.54, 1.807) is 0 Å². The first-order valence-electron chi connectivity index (χ1n) is 17.4. The number of anilines is 1. The van der Waals surface area contributed by atoms with E-state index >= 15 is 0 Å². The monoisotopic (exact) mass is 639 g/mol. The van der Waals surface area contributed by atoms with Crippen molar-refractivity contribution in [1.29, 1.82) is 0 Å². The Kier molecular flexibility index (Phi) is 7.87. The van der Waals surface area contributed by atoms with Crippen LogP contribution >= 0.6 is 11.6 Å². The van der Waals surface area contributed by atoms with E-state index < -0.39 is 0 Å². The molecule has 2 aliphatic heterocycles. The van der Waals surface area contributed by atoms with Crippen LogP contribution in [0.2, 0.25) is 0 Å². The third-order valence-electron chi connectivity index (χ3n) is 10.8. The Labute approximate surface area is 286 Å². The van der Waals surface area contributed by atoms with E-state index in [2.05, 4.69) is 162 Å². The van der Waals surface area contributed by atoms with Gasteiger partial charge in [0.2, 0.25) is 5.69 Å². The van der Waals surface area contributed by atoms with Crippen LogP contribution in [0.5, 0.6) is 0 Å². The lowest BCUT2D eigenvalue weighted by molar-refractivity contribution is -0.472. The lowest BCUT2D eigenvalue weighted by Gasteiger charge is -2.30. The summed E-state index contributed by atoms with van der Waals surface area (Å²) >= 11 is 7.29. The Balaban J connectivity index is 1.27. The fraction of sp³-hybridized carbons (Fsp3) is 0.341. The van der Waals surface area contributed by atoms with E-state index in [0.29, 0.717) is 12.1 Å². The van der Waals surface area contributed by atoms with Crippen LogP contribution in [0, 0.1) is 0 Å². The third kappa shape index (κ3) is 5.03. The molecule has 0 bridgehead atoms. The third-order valence-corrected chi connectivity index (χ3v) is 11.2. The van der Waals surface area contributed by atoms with E-state index in [9.17, 15) is 0 Å². The Morgan fingerprint density at radius 3 is 2.02 bits per heavy atom. The van der Waals surface area contributed by atoms with Crippen molar-refractivity contribution >= 4 is 50.2 Å². The molecule has 0 saturated heterocycles. The number of nitrogens with zero attached hydrogens (tertiary/aromatic N) is 2. The molecule has 4 aromatic rings. The lowest BCUT2D eigenvalue weighted by atomic mass is 9.78. The zero-order valence-corrected chi connectivity index (χ0v) is 30.0. The van der Waals surface area contributed by atoms with Gasteiger partial charge >= 0.3 is 0 Å². The molecule has 0 aromatic heterocycles. The summed E-state index contributed by atoms with van der Waals surface area (Å²) in [5.41, 5.74) is 10.4. The molecule has 0 radical (unpaired) electrons. The van der Waals surface area contributed by atoms with Crippen molar-refractivity contribution in [3.8, 4) is 0 Å². The van der Waals surface area contributed by atoms with E-state index in [1.165, 1.54) is 66.6 Å². The van der Waals surface area contributed by atoms with Crippen molar-refractivity contribution in [2.75, 3.05) is 4.90 Å². The maximum absolute atomic E-state index is 7.29. The zero-order chi connectivity index (χ0) is 33.2. The average Bonchev–Trinajstić information content (AvgIpc) is 3.42. The Morgan fingerprint density at radius 2 is 1.36 bits per heavy atom. The molecule has 1 aliphatic carbocycles. The quantitative estimate of drug-likeness (QED) is 0.197. The molecular weight excluding hydrogens is 592 g/mol. The topological polar surface area (TPSA) is 6.25 Å². The van der Waals surface area contributed by atoms with Gasteiger partial charge in [0.15, 0.2) is 11.8 Å². The van der Waals surface area contributed by atoms with Gasteiger partial charge in [0.1, 0.15) is 0 Å². The van der Waals surface area contributed by atoms with Gasteiger partial charge in [0.25, 0.3) is 0 Å². The van der Waals surface area contributed by atoms with Crippen molar-refractivity contribution in [2.45, 2.75) is 97.6 Å². The highest BCUT2D eigenvalue weighted by molar-refractivity contribution is 6.32. The highest BCUT2D eigenvalue weighted by Crippen LogP contribution is 2.52. The van der Waals surface area contributed by atoms with Crippen LogP contribution in [0.1, 0.15) is 85.8 Å². The van der Waals surface area contributed by atoms with Gasteiger partial charge in [-0.3, -0.25) is 0 Å². The highest BCUT2D eigenvalue weighted by atomic mass is 35.5. The standard InChI is InChI=1S/C44H48ClN2/c1-28(2)46-36-24-20-30-14-9-11-18-34(30)40(36)43(5,6)38(46)26-22-32-16-13-17-33(42(32)45)23-27-39-44(7,8)41-35-19-12-10-15-31(35)21-25-37(41)47(39)29(3)4/h9-12,14-15,18-29H,13,16-17H2,1-8H3/q+1. The van der Waals surface area contributed by atoms with Crippen molar-refractivity contribution in [3.05, 3.63) is 130 Å². The first-order valence-corrected chi connectivity index (χ1v) is 17.8.